The lowest BCUT2D eigenvalue weighted by atomic mass is 10.0. The van der Waals surface area contributed by atoms with Crippen molar-refractivity contribution in [1.82, 2.24) is 0 Å². The number of rotatable bonds is 5. The second kappa shape index (κ2) is 7.59. The Morgan fingerprint density at radius 3 is 2.74 bits per heavy atom. The Kier molecular flexibility index (Phi) is 5.23. The molecule has 3 rings (SSSR count). The minimum atomic E-state index is -0.554. The van der Waals surface area contributed by atoms with Crippen LogP contribution < -0.4 is 11.1 Å². The maximum absolute atomic E-state index is 12.5. The molecule has 7 nitrogen and oxygen atoms in total. The highest BCUT2D eigenvalue weighted by Gasteiger charge is 2.25. The van der Waals surface area contributed by atoms with Crippen molar-refractivity contribution in [3.05, 3.63) is 58.1 Å². The number of ketones is 1. The fourth-order valence-electron chi connectivity index (χ4n) is 2.73. The van der Waals surface area contributed by atoms with Crippen molar-refractivity contribution in [2.45, 2.75) is 6.42 Å². The molecule has 0 aliphatic carbocycles. The number of nitrogens with two attached hydrogens (primary N) is 1. The summed E-state index contributed by atoms with van der Waals surface area (Å²) in [6.45, 7) is 0.103. The minimum absolute atomic E-state index is 0.0362. The predicted molar refractivity (Wildman–Crippen MR) is 103 cm³/mol. The Bertz CT molecular complexity index is 985. The molecule has 0 unspecified atom stereocenters. The number of amides is 1. The van der Waals surface area contributed by atoms with E-state index in [9.17, 15) is 14.4 Å². The molecule has 1 heterocycles. The molecule has 0 radical (unpaired) electrons. The normalized spacial score (nSPS) is 14.0. The van der Waals surface area contributed by atoms with Crippen molar-refractivity contribution < 1.29 is 19.1 Å². The Hall–Kier alpha value is -3.19. The molecule has 0 saturated carbocycles. The van der Waals surface area contributed by atoms with Crippen molar-refractivity contribution >= 4 is 46.3 Å². The summed E-state index contributed by atoms with van der Waals surface area (Å²) in [6, 6.07) is 9.38. The number of halogens is 1. The van der Waals surface area contributed by atoms with Gasteiger partial charge in [0.15, 0.2) is 5.78 Å². The summed E-state index contributed by atoms with van der Waals surface area (Å²) in [5.74, 6) is -1.17. The molecule has 1 aliphatic heterocycles. The van der Waals surface area contributed by atoms with Gasteiger partial charge in [0, 0.05) is 34.8 Å². The second-order valence-corrected chi connectivity index (χ2v) is 6.28. The number of carbonyl (C=O) groups is 3. The first-order valence-corrected chi connectivity index (χ1v) is 8.45. The molecule has 0 bridgehead atoms. The number of hydrogen-bond donors (Lipinski definition) is 2. The van der Waals surface area contributed by atoms with Crippen molar-refractivity contribution in [3.8, 4) is 0 Å². The van der Waals surface area contributed by atoms with Gasteiger partial charge in [0.05, 0.1) is 18.4 Å². The first-order valence-electron chi connectivity index (χ1n) is 8.07. The van der Waals surface area contributed by atoms with Crippen LogP contribution in [0.2, 0.25) is 5.02 Å². The van der Waals surface area contributed by atoms with E-state index in [0.717, 1.165) is 0 Å². The molecule has 138 valence electrons. The van der Waals surface area contributed by atoms with Gasteiger partial charge in [-0.15, -0.1) is 0 Å². The molecule has 2 aromatic rings. The van der Waals surface area contributed by atoms with E-state index in [-0.39, 0.29) is 47.2 Å². The third-order valence-electron chi connectivity index (χ3n) is 4.08. The van der Waals surface area contributed by atoms with Gasteiger partial charge in [0.2, 0.25) is 0 Å². The van der Waals surface area contributed by atoms with E-state index in [2.05, 4.69) is 15.0 Å². The number of nitrogens with one attached hydrogen (secondary N) is 1. The smallest absolute Gasteiger partial charge is 0.337 e. The quantitative estimate of drug-likeness (QED) is 0.467. The zero-order chi connectivity index (χ0) is 19.6. The summed E-state index contributed by atoms with van der Waals surface area (Å²) in [7, 11) is 1.26. The van der Waals surface area contributed by atoms with Crippen LogP contribution in [-0.4, -0.2) is 37.0 Å². The topological polar surface area (TPSA) is 111 Å². The zero-order valence-corrected chi connectivity index (χ0v) is 15.2. The monoisotopic (exact) mass is 385 g/mol. The predicted octanol–water partition coefficient (Wildman–Crippen LogP) is 2.72. The van der Waals surface area contributed by atoms with Crippen molar-refractivity contribution in [2.75, 3.05) is 24.7 Å². The first kappa shape index (κ1) is 18.6. The number of esters is 1. The highest BCUT2D eigenvalue weighted by Crippen LogP contribution is 2.27. The maximum Gasteiger partial charge on any atom is 0.337 e. The van der Waals surface area contributed by atoms with Gasteiger partial charge in [0.25, 0.3) is 5.91 Å². The molecule has 8 heteroatoms. The fraction of sp³-hybridized carbons (Fsp3) is 0.158. The van der Waals surface area contributed by atoms with Crippen LogP contribution >= 0.6 is 11.6 Å². The summed E-state index contributed by atoms with van der Waals surface area (Å²) < 4.78 is 4.65. The first-order chi connectivity index (χ1) is 12.9. The average molecular weight is 386 g/mol. The number of ether oxygens (including phenoxy) is 1. The lowest BCUT2D eigenvalue weighted by molar-refractivity contribution is -0.110. The summed E-state index contributed by atoms with van der Waals surface area (Å²) >= 11 is 5.91. The van der Waals surface area contributed by atoms with Crippen molar-refractivity contribution in [1.29, 1.82) is 0 Å². The number of nitrogens with zero attached hydrogens (tertiary/aromatic N) is 1. The standard InChI is InChI=1S/C19H16ClN3O4/c1-27-19(26)10-2-5-14(21)13(8-10)16(24)6-7-22-17-12-4-3-11(20)9-15(12)23-18(17)25/h2-5,8-9H,6-7,21H2,1H3,(H,22,23,25). The van der Waals surface area contributed by atoms with E-state index < -0.39 is 5.97 Å². The van der Waals surface area contributed by atoms with E-state index in [4.69, 9.17) is 17.3 Å². The molecule has 1 amide bonds. The van der Waals surface area contributed by atoms with Crippen LogP contribution in [0, 0.1) is 0 Å². The highest BCUT2D eigenvalue weighted by molar-refractivity contribution is 6.54. The Balaban J connectivity index is 1.75. The lowest BCUT2D eigenvalue weighted by Crippen LogP contribution is -2.15. The summed E-state index contributed by atoms with van der Waals surface area (Å²) in [4.78, 5) is 40.4. The number of aliphatic imine (C=N–C) groups is 1. The van der Waals surface area contributed by atoms with Crippen molar-refractivity contribution in [3.63, 3.8) is 0 Å². The summed E-state index contributed by atoms with van der Waals surface area (Å²) in [5, 5.41) is 3.19. The Morgan fingerprint density at radius 1 is 1.22 bits per heavy atom. The largest absolute Gasteiger partial charge is 0.465 e. The van der Waals surface area contributed by atoms with E-state index in [1.807, 2.05) is 0 Å². The minimum Gasteiger partial charge on any atom is -0.465 e. The van der Waals surface area contributed by atoms with Crippen LogP contribution in [0.5, 0.6) is 0 Å². The molecule has 27 heavy (non-hydrogen) atoms. The molecule has 0 aromatic heterocycles. The van der Waals surface area contributed by atoms with Gasteiger partial charge >= 0.3 is 5.97 Å². The Morgan fingerprint density at radius 2 is 2.00 bits per heavy atom. The second-order valence-electron chi connectivity index (χ2n) is 5.84. The van der Waals surface area contributed by atoms with E-state index in [0.29, 0.717) is 16.3 Å². The average Bonchev–Trinajstić information content (AvgIpc) is 2.95. The number of anilines is 2. The molecule has 1 aliphatic rings. The zero-order valence-electron chi connectivity index (χ0n) is 14.4. The SMILES string of the molecule is COC(=O)c1ccc(N)c(C(=O)CCN=C2C(=O)Nc3cc(Cl)ccc32)c1. The fourth-order valence-corrected chi connectivity index (χ4v) is 2.91. The van der Waals surface area contributed by atoms with Gasteiger partial charge in [0.1, 0.15) is 5.71 Å². The number of methoxy groups -OCH3 is 1. The van der Waals surface area contributed by atoms with Crippen LogP contribution in [0.25, 0.3) is 0 Å². The molecular weight excluding hydrogens is 370 g/mol. The van der Waals surface area contributed by atoms with E-state index in [1.165, 1.54) is 25.3 Å². The molecule has 0 saturated heterocycles. The van der Waals surface area contributed by atoms with Crippen LogP contribution in [0.4, 0.5) is 11.4 Å². The van der Waals surface area contributed by atoms with Gasteiger partial charge in [-0.3, -0.25) is 14.6 Å². The van der Waals surface area contributed by atoms with Crippen LogP contribution in [-0.2, 0) is 9.53 Å². The molecule has 3 N–H and O–H groups in total. The third kappa shape index (κ3) is 3.83. The molecule has 0 fully saturated rings. The summed E-state index contributed by atoms with van der Waals surface area (Å²) in [6.07, 6.45) is 0.0362. The number of Topliss-reactive ketones (excluding diaryl/α,β-unsaturated/α-hetero) is 1. The van der Waals surface area contributed by atoms with Gasteiger partial charge < -0.3 is 15.8 Å². The van der Waals surface area contributed by atoms with Gasteiger partial charge in [-0.25, -0.2) is 4.79 Å². The number of hydrogen-bond acceptors (Lipinski definition) is 6. The number of nitrogen functional groups attached to an aromatic ring is 1. The number of benzene rings is 2. The van der Waals surface area contributed by atoms with E-state index in [1.54, 1.807) is 18.2 Å². The van der Waals surface area contributed by atoms with Crippen molar-refractivity contribution in [2.24, 2.45) is 4.99 Å². The summed E-state index contributed by atoms with van der Waals surface area (Å²) in [5.41, 5.74) is 8.05. The Labute approximate surface area is 160 Å². The number of fused-ring (bicyclic) bond motifs is 1. The van der Waals surface area contributed by atoms with Crippen LogP contribution in [0.1, 0.15) is 32.7 Å². The van der Waals surface area contributed by atoms with E-state index >= 15 is 0 Å². The van der Waals surface area contributed by atoms with Gasteiger partial charge in [-0.05, 0) is 36.4 Å². The molecule has 2 aromatic carbocycles. The molecule has 0 atom stereocenters. The van der Waals surface area contributed by atoms with Gasteiger partial charge in [-0.1, -0.05) is 11.6 Å². The molecular formula is C19H16ClN3O4. The van der Waals surface area contributed by atoms with Crippen LogP contribution in [0.15, 0.2) is 41.4 Å². The lowest BCUT2D eigenvalue weighted by Gasteiger charge is -2.06. The van der Waals surface area contributed by atoms with Crippen LogP contribution in [0.3, 0.4) is 0 Å². The third-order valence-corrected chi connectivity index (χ3v) is 4.32. The van der Waals surface area contributed by atoms with Gasteiger partial charge in [-0.2, -0.15) is 0 Å². The highest BCUT2D eigenvalue weighted by atomic mass is 35.5. The molecule has 0 spiro atoms. The number of carbonyl (C=O) groups excluding carboxylic acids is 3. The maximum atomic E-state index is 12.5.